The lowest BCUT2D eigenvalue weighted by Gasteiger charge is -2.46. The molecule has 0 aromatic heterocycles. The molecular formula is C13H25N3. The number of rotatable bonds is 4. The van der Waals surface area contributed by atoms with Crippen molar-refractivity contribution in [3.63, 3.8) is 0 Å². The summed E-state index contributed by atoms with van der Waals surface area (Å²) in [4.78, 5) is 7.01. The van der Waals surface area contributed by atoms with E-state index in [1.54, 1.807) is 0 Å². The highest BCUT2D eigenvalue weighted by molar-refractivity contribution is 5.83. The van der Waals surface area contributed by atoms with Crippen molar-refractivity contribution in [1.29, 1.82) is 0 Å². The molecule has 2 aliphatic rings. The second kappa shape index (κ2) is 4.74. The van der Waals surface area contributed by atoms with Crippen LogP contribution in [0, 0.1) is 5.92 Å². The number of nitrogens with zero attached hydrogens (tertiary/aromatic N) is 2. The Labute approximate surface area is 99.1 Å². The van der Waals surface area contributed by atoms with Crippen LogP contribution >= 0.6 is 0 Å². The largest absolute Gasteiger partial charge is 0.387 e. The predicted molar refractivity (Wildman–Crippen MR) is 68.7 cm³/mol. The Balaban J connectivity index is 1.91. The van der Waals surface area contributed by atoms with Gasteiger partial charge in [-0.1, -0.05) is 12.8 Å². The van der Waals surface area contributed by atoms with Crippen LogP contribution in [0.15, 0.2) is 4.99 Å². The van der Waals surface area contributed by atoms with Crippen LogP contribution in [-0.4, -0.2) is 36.9 Å². The maximum Gasteiger partial charge on any atom is 0.0969 e. The van der Waals surface area contributed by atoms with Gasteiger partial charge in [0.2, 0.25) is 0 Å². The molecule has 2 fully saturated rings. The third-order valence-electron chi connectivity index (χ3n) is 4.56. The van der Waals surface area contributed by atoms with E-state index in [0.29, 0.717) is 11.5 Å². The van der Waals surface area contributed by atoms with E-state index >= 15 is 0 Å². The maximum absolute atomic E-state index is 6.10. The van der Waals surface area contributed by atoms with Crippen molar-refractivity contribution in [3.05, 3.63) is 0 Å². The molecule has 92 valence electrons. The number of likely N-dealkylation sites (N-methyl/N-ethyl adjacent to an activating group) is 1. The smallest absolute Gasteiger partial charge is 0.0969 e. The first kappa shape index (κ1) is 11.9. The minimum absolute atomic E-state index is 0.323. The lowest BCUT2D eigenvalue weighted by Crippen LogP contribution is -2.52. The van der Waals surface area contributed by atoms with Crippen molar-refractivity contribution in [2.24, 2.45) is 16.6 Å². The molecule has 0 heterocycles. The van der Waals surface area contributed by atoms with Crippen LogP contribution in [0.25, 0.3) is 0 Å². The van der Waals surface area contributed by atoms with E-state index in [1.165, 1.54) is 44.9 Å². The number of hydrogen-bond donors (Lipinski definition) is 1. The Morgan fingerprint density at radius 2 is 1.88 bits per heavy atom. The zero-order chi connectivity index (χ0) is 11.6. The summed E-state index contributed by atoms with van der Waals surface area (Å²) in [5.41, 5.74) is 6.42. The Morgan fingerprint density at radius 1 is 1.25 bits per heavy atom. The molecule has 3 nitrogen and oxygen atoms in total. The molecule has 3 heteroatoms. The van der Waals surface area contributed by atoms with Gasteiger partial charge in [-0.2, -0.15) is 0 Å². The van der Waals surface area contributed by atoms with Crippen LogP contribution in [-0.2, 0) is 0 Å². The van der Waals surface area contributed by atoms with Crippen LogP contribution in [0.5, 0.6) is 0 Å². The van der Waals surface area contributed by atoms with Crippen molar-refractivity contribution in [3.8, 4) is 0 Å². The summed E-state index contributed by atoms with van der Waals surface area (Å²) in [6.07, 6.45) is 9.08. The fourth-order valence-corrected chi connectivity index (χ4v) is 2.92. The highest BCUT2D eigenvalue weighted by Crippen LogP contribution is 2.36. The van der Waals surface area contributed by atoms with Crippen molar-refractivity contribution in [2.45, 2.75) is 50.5 Å². The summed E-state index contributed by atoms with van der Waals surface area (Å²) in [5, 5.41) is 0. The lowest BCUT2D eigenvalue weighted by molar-refractivity contribution is 0.0699. The monoisotopic (exact) mass is 223 g/mol. The van der Waals surface area contributed by atoms with Gasteiger partial charge in [0.25, 0.3) is 0 Å². The molecule has 0 radical (unpaired) electrons. The van der Waals surface area contributed by atoms with Gasteiger partial charge in [0.1, 0.15) is 0 Å². The van der Waals surface area contributed by atoms with Crippen LogP contribution in [0.1, 0.15) is 44.9 Å². The molecule has 0 atom stereocenters. The number of aliphatic imine (C=N–C) groups is 1. The van der Waals surface area contributed by atoms with E-state index < -0.39 is 0 Å². The fourth-order valence-electron chi connectivity index (χ4n) is 2.92. The topological polar surface area (TPSA) is 41.6 Å². The number of amidine groups is 1. The molecule has 0 saturated heterocycles. The normalized spacial score (nSPS) is 26.1. The average Bonchev–Trinajstić information content (AvgIpc) is 2.67. The molecule has 0 aromatic carbocycles. The van der Waals surface area contributed by atoms with Crippen LogP contribution < -0.4 is 5.73 Å². The molecule has 0 spiro atoms. The SMILES string of the molecule is CN(C)C1(CN=C(N)C2CCCC2)CCC1. The minimum atomic E-state index is 0.323. The van der Waals surface area contributed by atoms with Gasteiger partial charge < -0.3 is 10.6 Å². The molecule has 0 bridgehead atoms. The van der Waals surface area contributed by atoms with E-state index in [9.17, 15) is 0 Å². The number of hydrogen-bond acceptors (Lipinski definition) is 2. The van der Waals surface area contributed by atoms with Gasteiger partial charge in [-0.05, 0) is 46.2 Å². The molecule has 0 unspecified atom stereocenters. The summed E-state index contributed by atoms with van der Waals surface area (Å²) < 4.78 is 0. The van der Waals surface area contributed by atoms with Gasteiger partial charge in [-0.25, -0.2) is 0 Å². The lowest BCUT2D eigenvalue weighted by atomic mass is 9.76. The van der Waals surface area contributed by atoms with E-state index in [0.717, 1.165) is 12.4 Å². The summed E-state index contributed by atoms with van der Waals surface area (Å²) in [6.45, 7) is 0.905. The Hall–Kier alpha value is -0.570. The van der Waals surface area contributed by atoms with Crippen molar-refractivity contribution in [2.75, 3.05) is 20.6 Å². The first-order chi connectivity index (χ1) is 7.64. The maximum atomic E-state index is 6.10. The van der Waals surface area contributed by atoms with Crippen molar-refractivity contribution in [1.82, 2.24) is 4.90 Å². The van der Waals surface area contributed by atoms with E-state index in [-0.39, 0.29) is 0 Å². The summed E-state index contributed by atoms with van der Waals surface area (Å²) in [6, 6.07) is 0. The zero-order valence-corrected chi connectivity index (χ0v) is 10.7. The number of nitrogens with two attached hydrogens (primary N) is 1. The second-order valence-corrected chi connectivity index (χ2v) is 5.69. The third-order valence-corrected chi connectivity index (χ3v) is 4.56. The first-order valence-electron chi connectivity index (χ1n) is 6.61. The average molecular weight is 223 g/mol. The molecule has 2 aliphatic carbocycles. The Kier molecular flexibility index (Phi) is 3.53. The van der Waals surface area contributed by atoms with Crippen LogP contribution in [0.4, 0.5) is 0 Å². The Morgan fingerprint density at radius 3 is 2.31 bits per heavy atom. The molecule has 2 N–H and O–H groups in total. The molecule has 2 saturated carbocycles. The molecular weight excluding hydrogens is 198 g/mol. The fraction of sp³-hybridized carbons (Fsp3) is 0.923. The van der Waals surface area contributed by atoms with Gasteiger partial charge in [0, 0.05) is 11.5 Å². The van der Waals surface area contributed by atoms with Gasteiger partial charge in [0.15, 0.2) is 0 Å². The molecule has 0 amide bonds. The summed E-state index contributed by atoms with van der Waals surface area (Å²) >= 11 is 0. The standard InChI is InChI=1S/C13H25N3/c1-16(2)13(8-5-9-13)10-15-12(14)11-6-3-4-7-11/h11H,3-10H2,1-2H3,(H2,14,15). The van der Waals surface area contributed by atoms with E-state index in [1.807, 2.05) is 0 Å². The minimum Gasteiger partial charge on any atom is -0.387 e. The second-order valence-electron chi connectivity index (χ2n) is 5.69. The highest BCUT2D eigenvalue weighted by atomic mass is 15.2. The van der Waals surface area contributed by atoms with Gasteiger partial charge in [-0.3, -0.25) is 4.99 Å². The zero-order valence-electron chi connectivity index (χ0n) is 10.7. The summed E-state index contributed by atoms with van der Waals surface area (Å²) in [7, 11) is 4.33. The molecule has 16 heavy (non-hydrogen) atoms. The molecule has 0 aromatic rings. The molecule has 2 rings (SSSR count). The quantitative estimate of drug-likeness (QED) is 0.585. The van der Waals surface area contributed by atoms with E-state index in [2.05, 4.69) is 24.0 Å². The predicted octanol–water partition coefficient (Wildman–Crippen LogP) is 2.02. The van der Waals surface area contributed by atoms with Gasteiger partial charge >= 0.3 is 0 Å². The van der Waals surface area contributed by atoms with Crippen molar-refractivity contribution >= 4 is 5.84 Å². The van der Waals surface area contributed by atoms with E-state index in [4.69, 9.17) is 5.73 Å². The molecule has 0 aliphatic heterocycles. The summed E-state index contributed by atoms with van der Waals surface area (Å²) in [5.74, 6) is 1.50. The van der Waals surface area contributed by atoms with Crippen molar-refractivity contribution < 1.29 is 0 Å². The van der Waals surface area contributed by atoms with Gasteiger partial charge in [-0.15, -0.1) is 0 Å². The highest BCUT2D eigenvalue weighted by Gasteiger charge is 2.38. The van der Waals surface area contributed by atoms with Gasteiger partial charge in [0.05, 0.1) is 12.4 Å². The third kappa shape index (κ3) is 2.24. The Bertz CT molecular complexity index is 260. The van der Waals surface area contributed by atoms with Crippen LogP contribution in [0.2, 0.25) is 0 Å². The van der Waals surface area contributed by atoms with Crippen LogP contribution in [0.3, 0.4) is 0 Å². The first-order valence-corrected chi connectivity index (χ1v) is 6.61.